The van der Waals surface area contributed by atoms with Gasteiger partial charge in [-0.2, -0.15) is 0 Å². The van der Waals surface area contributed by atoms with Gasteiger partial charge in [-0.1, -0.05) is 55.5 Å². The Balaban J connectivity index is 1.60. The third-order valence-corrected chi connectivity index (χ3v) is 10.7. The van der Waals surface area contributed by atoms with Gasteiger partial charge >= 0.3 is 0 Å². The van der Waals surface area contributed by atoms with E-state index in [1.165, 1.54) is 0 Å². The highest BCUT2D eigenvalue weighted by Crippen LogP contribution is 2.68. The first-order valence-corrected chi connectivity index (χ1v) is 13.9. The number of para-hydroxylation sites is 1. The van der Waals surface area contributed by atoms with Gasteiger partial charge < -0.3 is 20.6 Å². The second-order valence-corrected chi connectivity index (χ2v) is 12.2. The molecule has 2 bridgehead atoms. The van der Waals surface area contributed by atoms with Crippen LogP contribution in [-0.2, 0) is 20.8 Å². The van der Waals surface area contributed by atoms with Crippen molar-refractivity contribution in [1.29, 1.82) is 0 Å². The van der Waals surface area contributed by atoms with Crippen molar-refractivity contribution >= 4 is 35.2 Å². The smallest absolute Gasteiger partial charge is 0.248 e. The number of amides is 3. The van der Waals surface area contributed by atoms with Crippen LogP contribution in [0.4, 0.5) is 5.69 Å². The van der Waals surface area contributed by atoms with Gasteiger partial charge in [-0.05, 0) is 49.3 Å². The second-order valence-electron chi connectivity index (χ2n) is 10.7. The first-order valence-electron chi connectivity index (χ1n) is 13.0. The average molecular weight is 522 g/mol. The lowest BCUT2D eigenvalue weighted by atomic mass is 9.66. The van der Waals surface area contributed by atoms with Crippen LogP contribution < -0.4 is 10.6 Å². The molecule has 0 aromatic heterocycles. The van der Waals surface area contributed by atoms with Crippen molar-refractivity contribution in [2.75, 3.05) is 19.0 Å². The monoisotopic (exact) mass is 521 g/mol. The molecule has 7 atom stereocenters. The highest BCUT2D eigenvalue weighted by molar-refractivity contribution is 8.02. The first-order chi connectivity index (χ1) is 17.7. The molecule has 0 saturated carbocycles. The fourth-order valence-corrected chi connectivity index (χ4v) is 9.37. The lowest BCUT2D eigenvalue weighted by molar-refractivity contribution is -0.142. The van der Waals surface area contributed by atoms with Crippen molar-refractivity contribution in [2.45, 2.75) is 55.7 Å². The number of aliphatic hydroxyl groups is 1. The Kier molecular flexibility index (Phi) is 6.83. The van der Waals surface area contributed by atoms with Crippen LogP contribution in [0.2, 0.25) is 0 Å². The number of nitrogens with one attached hydrogen (secondary N) is 2. The van der Waals surface area contributed by atoms with Gasteiger partial charge in [-0.25, -0.2) is 0 Å². The van der Waals surface area contributed by atoms with Gasteiger partial charge in [0.25, 0.3) is 0 Å². The summed E-state index contributed by atoms with van der Waals surface area (Å²) >= 11 is 1.64. The topological polar surface area (TPSA) is 98.7 Å². The maximum Gasteiger partial charge on any atom is 0.248 e. The van der Waals surface area contributed by atoms with E-state index in [0.29, 0.717) is 6.42 Å². The zero-order valence-electron chi connectivity index (χ0n) is 21.7. The highest BCUT2D eigenvalue weighted by Gasteiger charge is 2.76. The van der Waals surface area contributed by atoms with Gasteiger partial charge in [0, 0.05) is 18.0 Å². The van der Waals surface area contributed by atoms with Crippen LogP contribution in [0.15, 0.2) is 48.5 Å². The summed E-state index contributed by atoms with van der Waals surface area (Å²) in [5, 5.41) is 16.5. The zero-order valence-corrected chi connectivity index (χ0v) is 22.5. The molecule has 3 fully saturated rings. The van der Waals surface area contributed by atoms with E-state index in [1.54, 1.807) is 23.7 Å². The van der Waals surface area contributed by atoms with E-state index in [0.717, 1.165) is 28.8 Å². The Morgan fingerprint density at radius 3 is 2.41 bits per heavy atom. The standard InChI is InChI=1S/C29H35N3O4S/c1-16-9-8-10-17(2)24(16)31-27(35)25-29-18(3)13-21(37-29)22(26(34)30-4)23(29)28(36)32(25)20(15-33)14-19-11-6-5-7-12-19/h5-12,18,20-23,25,33H,13-15H2,1-4H3,(H,30,34)(H,31,35)/t18?,20-,21+,22-,23+,25?,29?/m1/s1. The summed E-state index contributed by atoms with van der Waals surface area (Å²) in [6.07, 6.45) is 1.20. The fourth-order valence-electron chi connectivity index (χ4n) is 6.96. The molecule has 1 spiro atoms. The second kappa shape index (κ2) is 9.80. The molecule has 0 radical (unpaired) electrons. The molecule has 0 aliphatic carbocycles. The maximum atomic E-state index is 14.3. The normalized spacial score (nSPS) is 30.8. The summed E-state index contributed by atoms with van der Waals surface area (Å²) in [5.74, 6) is -1.64. The molecule has 5 rings (SSSR count). The summed E-state index contributed by atoms with van der Waals surface area (Å²) in [4.78, 5) is 43.2. The summed E-state index contributed by atoms with van der Waals surface area (Å²) in [6.45, 7) is 5.73. The molecule has 3 heterocycles. The van der Waals surface area contributed by atoms with Crippen molar-refractivity contribution < 1.29 is 19.5 Å². The summed E-state index contributed by atoms with van der Waals surface area (Å²) in [7, 11) is 1.60. The Hall–Kier alpha value is -2.84. The SMILES string of the molecule is CNC(=O)[C@@H]1[C@@H]2CC(C)C3(S2)C(C(=O)Nc2c(C)cccc2C)N([C@@H](CO)Cc2ccccc2)C(=O)[C@H]13. The van der Waals surface area contributed by atoms with Crippen molar-refractivity contribution in [3.8, 4) is 0 Å². The number of fused-ring (bicyclic) bond motifs is 1. The number of carbonyl (C=O) groups excluding carboxylic acids is 3. The Morgan fingerprint density at radius 2 is 1.78 bits per heavy atom. The van der Waals surface area contributed by atoms with Gasteiger partial charge in [0.15, 0.2) is 0 Å². The van der Waals surface area contributed by atoms with E-state index >= 15 is 0 Å². The van der Waals surface area contributed by atoms with Gasteiger partial charge in [-0.3, -0.25) is 14.4 Å². The molecule has 8 heteroatoms. The molecular formula is C29H35N3O4S. The van der Waals surface area contributed by atoms with Gasteiger partial charge in [0.2, 0.25) is 17.7 Å². The molecule has 3 unspecified atom stereocenters. The Labute approximate surface area is 222 Å². The van der Waals surface area contributed by atoms with Crippen molar-refractivity contribution in [1.82, 2.24) is 10.2 Å². The van der Waals surface area contributed by atoms with Crippen LogP contribution in [0, 0.1) is 31.6 Å². The van der Waals surface area contributed by atoms with Gasteiger partial charge in [-0.15, -0.1) is 11.8 Å². The van der Waals surface area contributed by atoms with Crippen LogP contribution >= 0.6 is 11.8 Å². The van der Waals surface area contributed by atoms with Crippen LogP contribution in [0.5, 0.6) is 0 Å². The predicted molar refractivity (Wildman–Crippen MR) is 145 cm³/mol. The van der Waals surface area contributed by atoms with Crippen molar-refractivity contribution in [3.05, 3.63) is 65.2 Å². The molecule has 37 heavy (non-hydrogen) atoms. The highest BCUT2D eigenvalue weighted by atomic mass is 32.2. The van der Waals surface area contributed by atoms with Gasteiger partial charge in [0.1, 0.15) is 6.04 Å². The number of carbonyl (C=O) groups is 3. The van der Waals surface area contributed by atoms with E-state index in [4.69, 9.17) is 0 Å². The molecule has 2 aromatic rings. The number of benzene rings is 2. The number of anilines is 1. The van der Waals surface area contributed by atoms with Crippen LogP contribution in [0.25, 0.3) is 0 Å². The largest absolute Gasteiger partial charge is 0.394 e. The number of nitrogens with zero attached hydrogens (tertiary/aromatic N) is 1. The van der Waals surface area contributed by atoms with Crippen LogP contribution in [-0.4, -0.2) is 63.5 Å². The van der Waals surface area contributed by atoms with E-state index in [-0.39, 0.29) is 35.5 Å². The third-order valence-electron chi connectivity index (χ3n) is 8.63. The van der Waals surface area contributed by atoms with Crippen LogP contribution in [0.1, 0.15) is 30.0 Å². The third kappa shape index (κ3) is 3.96. The maximum absolute atomic E-state index is 14.3. The molecule has 3 saturated heterocycles. The molecule has 3 aliphatic heterocycles. The summed E-state index contributed by atoms with van der Waals surface area (Å²) in [6, 6.07) is 14.2. The summed E-state index contributed by atoms with van der Waals surface area (Å²) in [5.41, 5.74) is 3.61. The Bertz CT molecular complexity index is 1200. The Morgan fingerprint density at radius 1 is 1.11 bits per heavy atom. The van der Waals surface area contributed by atoms with Gasteiger partial charge in [0.05, 0.1) is 29.2 Å². The number of likely N-dealkylation sites (tertiary alicyclic amines) is 1. The lowest BCUT2D eigenvalue weighted by Crippen LogP contribution is -2.57. The van der Waals surface area contributed by atoms with Crippen molar-refractivity contribution in [2.24, 2.45) is 17.8 Å². The molecule has 196 valence electrons. The molecule has 2 aromatic carbocycles. The van der Waals surface area contributed by atoms with E-state index < -0.39 is 28.7 Å². The zero-order chi connectivity index (χ0) is 26.5. The quantitative estimate of drug-likeness (QED) is 0.521. The predicted octanol–water partition coefficient (Wildman–Crippen LogP) is 2.93. The fraction of sp³-hybridized carbons (Fsp3) is 0.483. The minimum absolute atomic E-state index is 0.0109. The summed E-state index contributed by atoms with van der Waals surface area (Å²) < 4.78 is -0.732. The molecule has 3 amide bonds. The first kappa shape index (κ1) is 25.8. The minimum Gasteiger partial charge on any atom is -0.394 e. The minimum atomic E-state index is -0.801. The number of aliphatic hydroxyl groups excluding tert-OH is 1. The van der Waals surface area contributed by atoms with Crippen molar-refractivity contribution in [3.63, 3.8) is 0 Å². The van der Waals surface area contributed by atoms with Crippen LogP contribution in [0.3, 0.4) is 0 Å². The lowest BCUT2D eigenvalue weighted by Gasteiger charge is -2.40. The number of thioether (sulfide) groups is 1. The van der Waals surface area contributed by atoms with E-state index in [2.05, 4.69) is 17.6 Å². The molecular weight excluding hydrogens is 486 g/mol. The average Bonchev–Trinajstić information content (AvgIpc) is 3.48. The molecule has 3 aliphatic rings. The van der Waals surface area contributed by atoms with E-state index in [1.807, 2.05) is 62.4 Å². The number of hydrogen-bond acceptors (Lipinski definition) is 5. The number of hydrogen-bond donors (Lipinski definition) is 3. The molecule has 3 N–H and O–H groups in total. The number of rotatable bonds is 7. The molecule has 7 nitrogen and oxygen atoms in total. The van der Waals surface area contributed by atoms with E-state index in [9.17, 15) is 19.5 Å². The number of aryl methyl sites for hydroxylation is 2.